The summed E-state index contributed by atoms with van der Waals surface area (Å²) in [4.78, 5) is 3.23. The van der Waals surface area contributed by atoms with Crippen LogP contribution in [0, 0.1) is 6.92 Å². The highest BCUT2D eigenvalue weighted by Crippen LogP contribution is 2.20. The molecule has 8 nitrogen and oxygen atoms in total. The molecule has 0 amide bonds. The van der Waals surface area contributed by atoms with Crippen molar-refractivity contribution in [3.05, 3.63) is 30.1 Å². The summed E-state index contributed by atoms with van der Waals surface area (Å²) in [6.07, 6.45) is 0.395. The highest BCUT2D eigenvalue weighted by molar-refractivity contribution is 7.86. The van der Waals surface area contributed by atoms with E-state index in [-0.39, 0.29) is 5.75 Å². The van der Waals surface area contributed by atoms with E-state index < -0.39 is 25.7 Å². The Balaban J connectivity index is 0.000000333. The number of aromatic nitrogens is 2. The van der Waals surface area contributed by atoms with Gasteiger partial charge >= 0.3 is 5.51 Å². The zero-order valence-electron chi connectivity index (χ0n) is 12.8. The summed E-state index contributed by atoms with van der Waals surface area (Å²) in [5.74, 6) is 0.764. The van der Waals surface area contributed by atoms with Gasteiger partial charge in [-0.3, -0.25) is 4.55 Å². The maximum absolute atomic E-state index is 10.7. The van der Waals surface area contributed by atoms with Crippen LogP contribution < -0.4 is 4.57 Å². The fourth-order valence-corrected chi connectivity index (χ4v) is 2.44. The van der Waals surface area contributed by atoms with Crippen molar-refractivity contribution < 1.29 is 43.7 Å². The van der Waals surface area contributed by atoms with E-state index in [2.05, 4.69) is 4.98 Å². The van der Waals surface area contributed by atoms with Gasteiger partial charge in [-0.25, -0.2) is 18.0 Å². The molecule has 0 spiro atoms. The molecule has 0 fully saturated rings. The molecule has 0 bridgehead atoms. The minimum Gasteiger partial charge on any atom is -0.741 e. The number of nitrogens with one attached hydrogen (secondary N) is 1. The van der Waals surface area contributed by atoms with Crippen LogP contribution in [-0.2, 0) is 26.8 Å². The Bertz CT molecular complexity index is 935. The third kappa shape index (κ3) is 6.61. The van der Waals surface area contributed by atoms with Crippen molar-refractivity contribution in [1.29, 1.82) is 0 Å². The number of rotatable bonds is 4. The van der Waals surface area contributed by atoms with Gasteiger partial charge in [-0.15, -0.1) is 0 Å². The fourth-order valence-electron chi connectivity index (χ4n) is 1.95. The Morgan fingerprint density at radius 3 is 2.20 bits per heavy atom. The monoisotopic (exact) mass is 404 g/mol. The molecule has 0 unspecified atom stereocenters. The molecule has 2 N–H and O–H groups in total. The highest BCUT2D eigenvalue weighted by atomic mass is 32.2. The molecule has 142 valence electrons. The minimum atomic E-state index is -6.09. The normalized spacial score (nSPS) is 12.7. The molecule has 13 heteroatoms. The molecule has 0 aliphatic rings. The Kier molecular flexibility index (Phi) is 6.55. The van der Waals surface area contributed by atoms with Gasteiger partial charge in [-0.1, -0.05) is 12.1 Å². The molecule has 0 saturated heterocycles. The number of benzene rings is 1. The standard InChI is InChI=1S/C11H14N2O3S.CHF3O3S/c1-9-12-10-5-2-3-6-11(10)13(9)7-4-8-17(14,15)16;2-1(3,4)8(5,6)7/h2-3,5-6H,4,7-8H2,1H3,(H,14,15,16);(H,5,6,7). The van der Waals surface area contributed by atoms with E-state index in [9.17, 15) is 21.6 Å². The molecule has 1 heterocycles. The van der Waals surface area contributed by atoms with Crippen LogP contribution in [0.3, 0.4) is 0 Å². The van der Waals surface area contributed by atoms with Gasteiger partial charge in [0.05, 0.1) is 12.3 Å². The second-order valence-corrected chi connectivity index (χ2v) is 7.86. The molecule has 25 heavy (non-hydrogen) atoms. The number of H-pyrrole nitrogens is 1. The number of halogens is 3. The van der Waals surface area contributed by atoms with Crippen molar-refractivity contribution in [1.82, 2.24) is 4.98 Å². The SMILES string of the molecule is Cc1[nH]c2ccccc2[n+]1CCCS(=O)(=O)O.O=S(=O)([O-])C(F)(F)F. The number of alkyl halides is 3. The van der Waals surface area contributed by atoms with Crippen LogP contribution in [0.2, 0.25) is 0 Å². The molecule has 0 aliphatic carbocycles. The van der Waals surface area contributed by atoms with E-state index in [4.69, 9.17) is 17.5 Å². The van der Waals surface area contributed by atoms with Crippen LogP contribution >= 0.6 is 0 Å². The zero-order chi connectivity index (χ0) is 19.5. The second kappa shape index (κ2) is 7.68. The average Bonchev–Trinajstić information content (AvgIpc) is 2.72. The number of fused-ring (bicyclic) bond motifs is 1. The fraction of sp³-hybridized carbons (Fsp3) is 0.417. The Hall–Kier alpha value is -1.70. The molecule has 0 atom stereocenters. The first kappa shape index (κ1) is 21.3. The third-order valence-corrected chi connectivity index (χ3v) is 4.35. The lowest BCUT2D eigenvalue weighted by molar-refractivity contribution is -0.677. The first-order valence-corrected chi connectivity index (χ1v) is 9.68. The van der Waals surface area contributed by atoms with Gasteiger partial charge in [-0.05, 0) is 12.1 Å². The molecular formula is C12H15F3N2O6S2. The molecule has 1 aromatic carbocycles. The predicted octanol–water partition coefficient (Wildman–Crippen LogP) is 1.09. The maximum Gasteiger partial charge on any atom is 0.485 e. The van der Waals surface area contributed by atoms with E-state index in [1.807, 2.05) is 35.8 Å². The van der Waals surface area contributed by atoms with Crippen molar-refractivity contribution in [2.45, 2.75) is 25.4 Å². The molecule has 0 saturated carbocycles. The Morgan fingerprint density at radius 2 is 1.72 bits per heavy atom. The van der Waals surface area contributed by atoms with E-state index >= 15 is 0 Å². The van der Waals surface area contributed by atoms with Crippen molar-refractivity contribution in [2.24, 2.45) is 0 Å². The first-order chi connectivity index (χ1) is 11.2. The van der Waals surface area contributed by atoms with Crippen molar-refractivity contribution in [3.8, 4) is 0 Å². The molecular weight excluding hydrogens is 389 g/mol. The lowest BCUT2D eigenvalue weighted by atomic mass is 10.3. The lowest BCUT2D eigenvalue weighted by Crippen LogP contribution is -2.36. The van der Waals surface area contributed by atoms with Crippen LogP contribution in [-0.4, -0.2) is 42.2 Å². The van der Waals surface area contributed by atoms with Crippen LogP contribution in [0.25, 0.3) is 11.0 Å². The van der Waals surface area contributed by atoms with Gasteiger partial charge in [0.2, 0.25) is 0 Å². The first-order valence-electron chi connectivity index (χ1n) is 6.67. The summed E-state index contributed by atoms with van der Waals surface area (Å²) in [5, 5.41) is 0. The molecule has 2 aromatic rings. The number of aromatic amines is 1. The summed E-state index contributed by atoms with van der Waals surface area (Å²) >= 11 is 0. The molecule has 0 aliphatic heterocycles. The maximum atomic E-state index is 10.7. The highest BCUT2D eigenvalue weighted by Gasteiger charge is 2.36. The van der Waals surface area contributed by atoms with Gasteiger partial charge in [0.15, 0.2) is 21.2 Å². The number of imidazole rings is 1. The quantitative estimate of drug-likeness (QED) is 0.446. The van der Waals surface area contributed by atoms with Gasteiger partial charge in [0, 0.05) is 13.3 Å². The van der Waals surface area contributed by atoms with Crippen molar-refractivity contribution >= 4 is 31.3 Å². The summed E-state index contributed by atoms with van der Waals surface area (Å²) in [5.41, 5.74) is -3.58. The van der Waals surface area contributed by atoms with Crippen molar-refractivity contribution in [2.75, 3.05) is 5.75 Å². The van der Waals surface area contributed by atoms with Gasteiger partial charge < -0.3 is 4.55 Å². The van der Waals surface area contributed by atoms with E-state index in [0.29, 0.717) is 13.0 Å². The number of para-hydroxylation sites is 2. The summed E-state index contributed by atoms with van der Waals surface area (Å²) in [6, 6.07) is 7.84. The number of hydrogen-bond acceptors (Lipinski definition) is 5. The number of aryl methyl sites for hydroxylation is 2. The van der Waals surface area contributed by atoms with Crippen molar-refractivity contribution in [3.63, 3.8) is 0 Å². The zero-order valence-corrected chi connectivity index (χ0v) is 14.4. The predicted molar refractivity (Wildman–Crippen MR) is 80.0 cm³/mol. The second-order valence-electron chi connectivity index (χ2n) is 4.92. The third-order valence-electron chi connectivity index (χ3n) is 2.98. The van der Waals surface area contributed by atoms with E-state index in [1.165, 1.54) is 0 Å². The summed E-state index contributed by atoms with van der Waals surface area (Å²) < 4.78 is 90.9. The lowest BCUT2D eigenvalue weighted by Gasteiger charge is -2.08. The molecule has 1 aromatic heterocycles. The topological polar surface area (TPSA) is 131 Å². The largest absolute Gasteiger partial charge is 0.741 e. The smallest absolute Gasteiger partial charge is 0.485 e. The number of hydrogen-bond donors (Lipinski definition) is 2. The number of nitrogens with zero attached hydrogens (tertiary/aromatic N) is 1. The average molecular weight is 404 g/mol. The van der Waals surface area contributed by atoms with Gasteiger partial charge in [0.25, 0.3) is 15.9 Å². The summed E-state index contributed by atoms with van der Waals surface area (Å²) in [6.45, 7) is 2.50. The summed E-state index contributed by atoms with van der Waals surface area (Å²) in [7, 11) is -9.96. The molecule has 2 rings (SSSR count). The van der Waals surface area contributed by atoms with Crippen LogP contribution in [0.4, 0.5) is 13.2 Å². The molecule has 0 radical (unpaired) electrons. The van der Waals surface area contributed by atoms with E-state index in [1.54, 1.807) is 0 Å². The van der Waals surface area contributed by atoms with Gasteiger partial charge in [-0.2, -0.15) is 21.6 Å². The van der Waals surface area contributed by atoms with Crippen LogP contribution in [0.1, 0.15) is 12.2 Å². The van der Waals surface area contributed by atoms with Crippen LogP contribution in [0.15, 0.2) is 24.3 Å². The van der Waals surface area contributed by atoms with Crippen LogP contribution in [0.5, 0.6) is 0 Å². The Morgan fingerprint density at radius 1 is 1.20 bits per heavy atom. The van der Waals surface area contributed by atoms with Gasteiger partial charge in [0.1, 0.15) is 0 Å². The minimum absolute atomic E-state index is 0.209. The van der Waals surface area contributed by atoms with E-state index in [0.717, 1.165) is 16.9 Å². The Labute approximate surface area is 141 Å².